The van der Waals surface area contributed by atoms with Crippen LogP contribution in [0.15, 0.2) is 48.5 Å². The van der Waals surface area contributed by atoms with E-state index in [4.69, 9.17) is 4.74 Å². The third-order valence-corrected chi connectivity index (χ3v) is 9.30. The molecule has 1 saturated carbocycles. The third-order valence-electron chi connectivity index (χ3n) is 8.27. The monoisotopic (exact) mass is 521 g/mol. The maximum Gasteiger partial charge on any atom is 0.105 e. The number of benzene rings is 3. The lowest BCUT2D eigenvalue weighted by atomic mass is 9.74. The molecule has 6 atom stereocenters. The molecule has 34 heavy (non-hydrogen) atoms. The zero-order valence-corrected chi connectivity index (χ0v) is 21.9. The van der Waals surface area contributed by atoms with Gasteiger partial charge in [0.25, 0.3) is 0 Å². The highest BCUT2D eigenvalue weighted by molar-refractivity contribution is 9.09. The molecule has 0 amide bonds. The summed E-state index contributed by atoms with van der Waals surface area (Å²) in [5.74, 6) is 0.00865. The number of hydrogen-bond acceptors (Lipinski definition) is 3. The summed E-state index contributed by atoms with van der Waals surface area (Å²) in [6.07, 6.45) is 3.99. The molecule has 0 heterocycles. The summed E-state index contributed by atoms with van der Waals surface area (Å²) in [5, 5.41) is 17.3. The predicted octanol–water partition coefficient (Wildman–Crippen LogP) is 6.38. The highest BCUT2D eigenvalue weighted by Gasteiger charge is 2.40. The Morgan fingerprint density at radius 2 is 1.76 bits per heavy atom. The van der Waals surface area contributed by atoms with Gasteiger partial charge in [0.15, 0.2) is 0 Å². The molecule has 2 aliphatic carbocycles. The first-order valence-electron chi connectivity index (χ1n) is 12.8. The molecule has 3 aromatic carbocycles. The van der Waals surface area contributed by atoms with Crippen LogP contribution in [0, 0.1) is 17.8 Å². The molecule has 0 spiro atoms. The Bertz CT molecular complexity index is 1200. The topological polar surface area (TPSA) is 49.4 Å². The Morgan fingerprint density at radius 1 is 1.03 bits per heavy atom. The van der Waals surface area contributed by atoms with Crippen molar-refractivity contribution in [3.8, 4) is 0 Å². The van der Waals surface area contributed by atoms with Gasteiger partial charge in [0.2, 0.25) is 0 Å². The second-order valence-electron chi connectivity index (χ2n) is 10.9. The highest BCUT2D eigenvalue weighted by atomic mass is 79.9. The maximum absolute atomic E-state index is 12.7. The van der Waals surface area contributed by atoms with Crippen molar-refractivity contribution in [1.29, 1.82) is 0 Å². The molecule has 180 valence electrons. The summed E-state index contributed by atoms with van der Waals surface area (Å²) in [7, 11) is 0. The van der Waals surface area contributed by atoms with Crippen LogP contribution in [0.25, 0.3) is 21.5 Å². The van der Waals surface area contributed by atoms with Crippen LogP contribution >= 0.6 is 15.9 Å². The summed E-state index contributed by atoms with van der Waals surface area (Å²) in [6.45, 7) is 6.71. The van der Waals surface area contributed by atoms with Crippen molar-refractivity contribution in [3.63, 3.8) is 0 Å². The van der Waals surface area contributed by atoms with Crippen molar-refractivity contribution in [2.24, 2.45) is 17.8 Å². The first kappa shape index (κ1) is 23.8. The lowest BCUT2D eigenvalue weighted by molar-refractivity contribution is -0.321. The Balaban J connectivity index is 1.61. The van der Waals surface area contributed by atoms with Gasteiger partial charge < -0.3 is 14.6 Å². The van der Waals surface area contributed by atoms with Crippen LogP contribution in [0.4, 0.5) is 0 Å². The van der Waals surface area contributed by atoms with Crippen LogP contribution in [0.3, 0.4) is 0 Å². The molecule has 4 heteroatoms. The van der Waals surface area contributed by atoms with Gasteiger partial charge in [-0.05, 0) is 88.2 Å². The second-order valence-corrected chi connectivity index (χ2v) is 12.1. The molecule has 3 aromatic rings. The summed E-state index contributed by atoms with van der Waals surface area (Å²) < 4.78 is 6.61. The van der Waals surface area contributed by atoms with E-state index in [1.165, 1.54) is 22.8 Å². The first-order chi connectivity index (χ1) is 16.3. The van der Waals surface area contributed by atoms with Crippen LogP contribution < -0.4 is 5.11 Å². The average Bonchev–Trinajstić information content (AvgIpc) is 2.81. The standard InChI is InChI=1S/C30H35BrO3/c1-17(2)23-12-8-18(3)14-26(23)34-29(30(32)33)28-25(31)13-11-19-9-10-22-15-20-6-4-5-7-21(20)16-24(22)27(19)28/h4-7,9-10,15-18,23,25-26,28-29H,8,11-14H2,1-3H3,(H,32,33)/p-1/t18-,23+,25?,26-,28?,29?/m1/s1. The van der Waals surface area contributed by atoms with Crippen molar-refractivity contribution < 1.29 is 14.6 Å². The predicted molar refractivity (Wildman–Crippen MR) is 140 cm³/mol. The van der Waals surface area contributed by atoms with Gasteiger partial charge in [-0.15, -0.1) is 0 Å². The Morgan fingerprint density at radius 3 is 2.47 bits per heavy atom. The van der Waals surface area contributed by atoms with Gasteiger partial charge in [-0.3, -0.25) is 0 Å². The number of fused-ring (bicyclic) bond motifs is 4. The first-order valence-corrected chi connectivity index (χ1v) is 13.7. The summed E-state index contributed by atoms with van der Waals surface area (Å²) >= 11 is 3.88. The number of carboxylic acids is 1. The molecule has 0 aliphatic heterocycles. The van der Waals surface area contributed by atoms with E-state index in [-0.39, 0.29) is 16.8 Å². The van der Waals surface area contributed by atoms with Crippen LogP contribution in [-0.4, -0.2) is 23.0 Å². The lowest BCUT2D eigenvalue weighted by Crippen LogP contribution is -2.49. The Kier molecular flexibility index (Phi) is 6.74. The van der Waals surface area contributed by atoms with E-state index in [0.29, 0.717) is 17.8 Å². The van der Waals surface area contributed by atoms with Gasteiger partial charge >= 0.3 is 0 Å². The number of ether oxygens (including phenoxy) is 1. The van der Waals surface area contributed by atoms with Gasteiger partial charge in [0, 0.05) is 10.7 Å². The number of aliphatic carboxylic acids is 1. The van der Waals surface area contributed by atoms with E-state index in [2.05, 4.69) is 85.2 Å². The van der Waals surface area contributed by atoms with Crippen LogP contribution in [-0.2, 0) is 16.0 Å². The van der Waals surface area contributed by atoms with Gasteiger partial charge in [0.1, 0.15) is 6.10 Å². The van der Waals surface area contributed by atoms with E-state index in [1.54, 1.807) is 0 Å². The molecule has 0 bridgehead atoms. The maximum atomic E-state index is 12.7. The normalized spacial score (nSPS) is 28.2. The minimum atomic E-state index is -1.10. The Labute approximate surface area is 211 Å². The molecule has 3 unspecified atom stereocenters. The molecule has 1 fully saturated rings. The number of aryl methyl sites for hydroxylation is 1. The van der Waals surface area contributed by atoms with Crippen molar-refractivity contribution >= 4 is 43.4 Å². The van der Waals surface area contributed by atoms with Crippen molar-refractivity contribution in [1.82, 2.24) is 0 Å². The smallest absolute Gasteiger partial charge is 0.105 e. The van der Waals surface area contributed by atoms with E-state index in [1.807, 2.05) is 0 Å². The largest absolute Gasteiger partial charge is 0.547 e. The minimum Gasteiger partial charge on any atom is -0.547 e. The lowest BCUT2D eigenvalue weighted by Gasteiger charge is -2.43. The average molecular weight is 523 g/mol. The second kappa shape index (κ2) is 9.62. The van der Waals surface area contributed by atoms with E-state index >= 15 is 0 Å². The highest BCUT2D eigenvalue weighted by Crippen LogP contribution is 2.45. The number of halogens is 1. The fourth-order valence-electron chi connectivity index (χ4n) is 6.43. The van der Waals surface area contributed by atoms with E-state index < -0.39 is 12.1 Å². The number of carbonyl (C=O) groups excluding carboxylic acids is 1. The van der Waals surface area contributed by atoms with Gasteiger partial charge in [0.05, 0.1) is 12.1 Å². The van der Waals surface area contributed by atoms with E-state index in [0.717, 1.165) is 42.0 Å². The summed E-state index contributed by atoms with van der Waals surface area (Å²) in [6, 6.07) is 17.2. The zero-order valence-electron chi connectivity index (χ0n) is 20.3. The van der Waals surface area contributed by atoms with Gasteiger partial charge in [-0.25, -0.2) is 0 Å². The number of carbonyl (C=O) groups is 1. The third kappa shape index (κ3) is 4.40. The molecule has 0 saturated heterocycles. The molecule has 0 aromatic heterocycles. The van der Waals surface area contributed by atoms with Crippen LogP contribution in [0.2, 0.25) is 0 Å². The van der Waals surface area contributed by atoms with Gasteiger partial charge in [-0.1, -0.05) is 79.5 Å². The quantitative estimate of drug-likeness (QED) is 0.289. The molecule has 5 rings (SSSR count). The molecule has 0 radical (unpaired) electrons. The zero-order chi connectivity index (χ0) is 24.0. The van der Waals surface area contributed by atoms with Gasteiger partial charge in [-0.2, -0.15) is 0 Å². The SMILES string of the molecule is CC(C)[C@@H]1CC[C@@H](C)C[C@H]1OC(C(=O)[O-])C1c2c(ccc3cc4ccccc4cc23)CCC1Br. The fourth-order valence-corrected chi connectivity index (χ4v) is 7.21. The molecule has 3 nitrogen and oxygen atoms in total. The number of hydrogen-bond donors (Lipinski definition) is 0. The summed E-state index contributed by atoms with van der Waals surface area (Å²) in [4.78, 5) is 12.7. The summed E-state index contributed by atoms with van der Waals surface area (Å²) in [5.41, 5.74) is 2.35. The van der Waals surface area contributed by atoms with Crippen LogP contribution in [0.5, 0.6) is 0 Å². The number of alkyl halides is 1. The van der Waals surface area contributed by atoms with Crippen molar-refractivity contribution in [2.75, 3.05) is 0 Å². The van der Waals surface area contributed by atoms with E-state index in [9.17, 15) is 9.90 Å². The van der Waals surface area contributed by atoms with Crippen LogP contribution in [0.1, 0.15) is 63.5 Å². The van der Waals surface area contributed by atoms with Crippen molar-refractivity contribution in [2.45, 2.75) is 75.8 Å². The van der Waals surface area contributed by atoms with Crippen molar-refractivity contribution in [3.05, 3.63) is 59.7 Å². The fraction of sp³-hybridized carbons (Fsp3) is 0.500. The molecular formula is C30H34BrO3-. The molecular weight excluding hydrogens is 488 g/mol. The Hall–Kier alpha value is -1.91. The number of carboxylic acid groups (broad SMARTS) is 1. The minimum absolute atomic E-state index is 0.0264. The molecule has 2 aliphatic rings. The number of rotatable bonds is 5. The molecule has 0 N–H and O–H groups in total.